The lowest BCUT2D eigenvalue weighted by molar-refractivity contribution is -0.0220. The Hall–Kier alpha value is -0.340. The van der Waals surface area contributed by atoms with Crippen LogP contribution in [0.25, 0.3) is 0 Å². The van der Waals surface area contributed by atoms with Crippen LogP contribution in [0, 0.1) is 17.3 Å². The van der Waals surface area contributed by atoms with Crippen LogP contribution in [0.1, 0.15) is 33.1 Å². The van der Waals surface area contributed by atoms with Crippen molar-refractivity contribution in [2.24, 2.45) is 23.0 Å². The number of hydrogen-bond acceptors (Lipinski definition) is 2. The van der Waals surface area contributed by atoms with Crippen LogP contribution in [-0.2, 0) is 0 Å². The number of nitrogens with two attached hydrogens (primary N) is 1. The number of fused-ring (bicyclic) bond motifs is 1. The second-order valence-electron chi connectivity index (χ2n) is 5.34. The van der Waals surface area contributed by atoms with Crippen LogP contribution in [0.4, 0.5) is 0 Å². The number of aliphatic hydroxyl groups excluding tert-OH is 1. The molecule has 0 heterocycles. The fraction of sp³-hybridized carbons (Fsp3) is 0.833. The summed E-state index contributed by atoms with van der Waals surface area (Å²) in [6, 6.07) is 0. The van der Waals surface area contributed by atoms with Crippen molar-refractivity contribution in [1.82, 2.24) is 0 Å². The van der Waals surface area contributed by atoms with Crippen molar-refractivity contribution < 1.29 is 5.11 Å². The highest BCUT2D eigenvalue weighted by molar-refractivity contribution is 5.26. The van der Waals surface area contributed by atoms with Crippen LogP contribution < -0.4 is 5.73 Å². The molecule has 2 nitrogen and oxygen atoms in total. The smallest absolute Gasteiger partial charge is 0.0765 e. The van der Waals surface area contributed by atoms with E-state index in [1.54, 1.807) is 0 Å². The lowest BCUT2D eigenvalue weighted by Gasteiger charge is -2.57. The quantitative estimate of drug-likeness (QED) is 0.673. The van der Waals surface area contributed by atoms with Gasteiger partial charge >= 0.3 is 0 Å². The molecule has 3 N–H and O–H groups in total. The molecular formula is C12H21NO. The van der Waals surface area contributed by atoms with E-state index < -0.39 is 0 Å². The number of aliphatic hydroxyl groups is 1. The third-order valence-corrected chi connectivity index (χ3v) is 4.34. The highest BCUT2D eigenvalue weighted by atomic mass is 16.3. The van der Waals surface area contributed by atoms with Crippen LogP contribution in [0.2, 0.25) is 0 Å². The first-order valence-corrected chi connectivity index (χ1v) is 5.65. The molecule has 0 spiro atoms. The SMILES string of the molecule is CC1(C)C2CC=C([C@@H](O)CCN)C1C2. The predicted octanol–water partition coefficient (Wildman–Crippen LogP) is 1.69. The zero-order chi connectivity index (χ0) is 10.3. The second kappa shape index (κ2) is 3.35. The molecular weight excluding hydrogens is 174 g/mol. The molecule has 2 bridgehead atoms. The standard InChI is InChI=1S/C12H21NO/c1-12(2)8-3-4-9(10(12)7-8)11(14)5-6-13/h4,8,10-11,14H,3,5-7,13H2,1-2H3/t8?,10?,11-/m0/s1. The van der Waals surface area contributed by atoms with Crippen LogP contribution in [0.3, 0.4) is 0 Å². The molecule has 2 unspecified atom stereocenters. The molecule has 0 amide bonds. The summed E-state index contributed by atoms with van der Waals surface area (Å²) in [7, 11) is 0. The molecule has 0 aliphatic heterocycles. The molecule has 14 heavy (non-hydrogen) atoms. The molecule has 1 saturated carbocycles. The summed E-state index contributed by atoms with van der Waals surface area (Å²) in [5.41, 5.74) is 7.16. The van der Waals surface area contributed by atoms with E-state index in [0.717, 1.165) is 12.3 Å². The van der Waals surface area contributed by atoms with Gasteiger partial charge in [0.25, 0.3) is 0 Å². The van der Waals surface area contributed by atoms with Gasteiger partial charge in [0.05, 0.1) is 6.10 Å². The molecule has 0 radical (unpaired) electrons. The maximum absolute atomic E-state index is 9.95. The Kier molecular flexibility index (Phi) is 2.44. The van der Waals surface area contributed by atoms with Gasteiger partial charge in [-0.1, -0.05) is 19.9 Å². The zero-order valence-electron chi connectivity index (χ0n) is 9.16. The summed E-state index contributed by atoms with van der Waals surface area (Å²) in [4.78, 5) is 0. The van der Waals surface area contributed by atoms with Gasteiger partial charge in [-0.25, -0.2) is 0 Å². The Morgan fingerprint density at radius 2 is 2.36 bits per heavy atom. The fourth-order valence-electron chi connectivity index (χ4n) is 3.10. The van der Waals surface area contributed by atoms with Gasteiger partial charge in [0.2, 0.25) is 0 Å². The molecule has 0 saturated heterocycles. The molecule has 0 aromatic heterocycles. The molecule has 3 aliphatic carbocycles. The average molecular weight is 195 g/mol. The van der Waals surface area contributed by atoms with Crippen LogP contribution in [-0.4, -0.2) is 17.8 Å². The maximum Gasteiger partial charge on any atom is 0.0765 e. The minimum Gasteiger partial charge on any atom is -0.389 e. The first-order valence-electron chi connectivity index (χ1n) is 5.65. The Bertz CT molecular complexity index is 257. The normalized spacial score (nSPS) is 35.9. The molecule has 0 aromatic rings. The summed E-state index contributed by atoms with van der Waals surface area (Å²) in [5.74, 6) is 1.46. The van der Waals surface area contributed by atoms with Gasteiger partial charge in [0, 0.05) is 0 Å². The number of hydrogen-bond donors (Lipinski definition) is 2. The Balaban J connectivity index is 2.10. The molecule has 0 aromatic carbocycles. The van der Waals surface area contributed by atoms with E-state index in [-0.39, 0.29) is 6.10 Å². The fourth-order valence-corrected chi connectivity index (χ4v) is 3.10. The molecule has 2 heteroatoms. The van der Waals surface area contributed by atoms with Gasteiger partial charge in [0.1, 0.15) is 0 Å². The van der Waals surface area contributed by atoms with Gasteiger partial charge in [0.15, 0.2) is 0 Å². The minimum absolute atomic E-state index is 0.287. The van der Waals surface area contributed by atoms with Gasteiger partial charge in [-0.05, 0) is 48.6 Å². The summed E-state index contributed by atoms with van der Waals surface area (Å²) in [5, 5.41) is 9.95. The largest absolute Gasteiger partial charge is 0.389 e. The van der Waals surface area contributed by atoms with E-state index in [0.29, 0.717) is 24.3 Å². The summed E-state index contributed by atoms with van der Waals surface area (Å²) in [6.07, 6.45) is 5.11. The van der Waals surface area contributed by atoms with E-state index in [9.17, 15) is 5.11 Å². The van der Waals surface area contributed by atoms with Crippen LogP contribution in [0.5, 0.6) is 0 Å². The Labute approximate surface area is 86.2 Å². The molecule has 80 valence electrons. The summed E-state index contributed by atoms with van der Waals surface area (Å²) in [6.45, 7) is 5.23. The third-order valence-electron chi connectivity index (χ3n) is 4.34. The van der Waals surface area contributed by atoms with Crippen molar-refractivity contribution in [2.45, 2.75) is 39.2 Å². The van der Waals surface area contributed by atoms with Crippen LogP contribution >= 0.6 is 0 Å². The number of allylic oxidation sites excluding steroid dienone is 1. The highest BCUT2D eigenvalue weighted by Crippen LogP contribution is 2.59. The Morgan fingerprint density at radius 1 is 1.64 bits per heavy atom. The summed E-state index contributed by atoms with van der Waals surface area (Å²) < 4.78 is 0. The molecule has 3 atom stereocenters. The van der Waals surface area contributed by atoms with E-state index in [4.69, 9.17) is 5.73 Å². The third kappa shape index (κ3) is 1.32. The van der Waals surface area contributed by atoms with E-state index in [1.807, 2.05) is 0 Å². The van der Waals surface area contributed by atoms with Crippen molar-refractivity contribution in [1.29, 1.82) is 0 Å². The number of rotatable bonds is 3. The first kappa shape index (κ1) is 10.2. The lowest BCUT2D eigenvalue weighted by Crippen LogP contribution is -2.50. The van der Waals surface area contributed by atoms with Crippen molar-refractivity contribution in [3.8, 4) is 0 Å². The molecule has 1 fully saturated rings. The van der Waals surface area contributed by atoms with E-state index >= 15 is 0 Å². The van der Waals surface area contributed by atoms with E-state index in [2.05, 4.69) is 19.9 Å². The Morgan fingerprint density at radius 3 is 2.86 bits per heavy atom. The zero-order valence-corrected chi connectivity index (χ0v) is 9.16. The maximum atomic E-state index is 9.95. The van der Waals surface area contributed by atoms with Gasteiger partial charge in [-0.15, -0.1) is 0 Å². The molecule has 3 rings (SSSR count). The highest BCUT2D eigenvalue weighted by Gasteiger charge is 2.52. The minimum atomic E-state index is -0.287. The van der Waals surface area contributed by atoms with Gasteiger partial charge in [-0.3, -0.25) is 0 Å². The second-order valence-corrected chi connectivity index (χ2v) is 5.34. The molecule has 3 aliphatic rings. The van der Waals surface area contributed by atoms with Gasteiger partial charge < -0.3 is 10.8 Å². The lowest BCUT2D eigenvalue weighted by atomic mass is 9.48. The average Bonchev–Trinajstić information content (AvgIpc) is 2.18. The van der Waals surface area contributed by atoms with Crippen molar-refractivity contribution in [3.05, 3.63) is 11.6 Å². The predicted molar refractivity (Wildman–Crippen MR) is 57.8 cm³/mol. The van der Waals surface area contributed by atoms with Crippen molar-refractivity contribution in [3.63, 3.8) is 0 Å². The van der Waals surface area contributed by atoms with E-state index in [1.165, 1.54) is 12.0 Å². The van der Waals surface area contributed by atoms with Crippen LogP contribution in [0.15, 0.2) is 11.6 Å². The first-order chi connectivity index (χ1) is 6.57. The van der Waals surface area contributed by atoms with Gasteiger partial charge in [-0.2, -0.15) is 0 Å². The van der Waals surface area contributed by atoms with Crippen molar-refractivity contribution in [2.75, 3.05) is 6.54 Å². The summed E-state index contributed by atoms with van der Waals surface area (Å²) >= 11 is 0. The van der Waals surface area contributed by atoms with Crippen molar-refractivity contribution >= 4 is 0 Å². The monoisotopic (exact) mass is 195 g/mol. The topological polar surface area (TPSA) is 46.2 Å².